The van der Waals surface area contributed by atoms with Gasteiger partial charge in [0, 0.05) is 26.1 Å². The van der Waals surface area contributed by atoms with Crippen LogP contribution in [-0.4, -0.2) is 30.5 Å². The summed E-state index contributed by atoms with van der Waals surface area (Å²) in [5.74, 6) is 0. The first-order valence-corrected chi connectivity index (χ1v) is 6.58. The lowest BCUT2D eigenvalue weighted by atomic mass is 10.00. The fourth-order valence-electron chi connectivity index (χ4n) is 2.38. The Balaban J connectivity index is 1.92. The highest BCUT2D eigenvalue weighted by Crippen LogP contribution is 2.18. The summed E-state index contributed by atoms with van der Waals surface area (Å²) in [6.07, 6.45) is 0.728. The lowest BCUT2D eigenvalue weighted by Gasteiger charge is -2.21. The van der Waals surface area contributed by atoms with Gasteiger partial charge >= 0.3 is 0 Å². The van der Waals surface area contributed by atoms with Crippen molar-refractivity contribution >= 4 is 0 Å². The number of hydrogen-bond donors (Lipinski definition) is 2. The molecular formula is C15H23NO2. The molecule has 18 heavy (non-hydrogen) atoms. The van der Waals surface area contributed by atoms with E-state index in [-0.39, 0.29) is 0 Å². The van der Waals surface area contributed by atoms with Crippen LogP contribution in [0.3, 0.4) is 0 Å². The van der Waals surface area contributed by atoms with E-state index < -0.39 is 5.60 Å². The largest absolute Gasteiger partial charge is 0.386 e. The summed E-state index contributed by atoms with van der Waals surface area (Å²) in [5, 5.41) is 13.5. The molecule has 1 aromatic rings. The van der Waals surface area contributed by atoms with Gasteiger partial charge in [-0.15, -0.1) is 0 Å². The van der Waals surface area contributed by atoms with E-state index in [0.29, 0.717) is 19.8 Å². The molecule has 2 N–H and O–H groups in total. The van der Waals surface area contributed by atoms with Gasteiger partial charge < -0.3 is 15.2 Å². The van der Waals surface area contributed by atoms with Crippen molar-refractivity contribution in [1.29, 1.82) is 0 Å². The first-order chi connectivity index (χ1) is 8.50. The smallest absolute Gasteiger partial charge is 0.102 e. The van der Waals surface area contributed by atoms with Crippen LogP contribution in [0.25, 0.3) is 0 Å². The Morgan fingerprint density at radius 3 is 2.61 bits per heavy atom. The second-order valence-corrected chi connectivity index (χ2v) is 5.49. The van der Waals surface area contributed by atoms with Crippen molar-refractivity contribution in [3.05, 3.63) is 34.4 Å². The molecule has 1 fully saturated rings. The van der Waals surface area contributed by atoms with E-state index in [1.165, 1.54) is 22.3 Å². The number of aryl methyl sites for hydroxylation is 3. The normalized spacial score (nSPS) is 23.6. The predicted molar refractivity (Wildman–Crippen MR) is 72.7 cm³/mol. The summed E-state index contributed by atoms with van der Waals surface area (Å²) in [6.45, 7) is 8.92. The van der Waals surface area contributed by atoms with Crippen molar-refractivity contribution in [2.24, 2.45) is 0 Å². The zero-order valence-electron chi connectivity index (χ0n) is 11.5. The Hall–Kier alpha value is -0.900. The molecule has 3 nitrogen and oxygen atoms in total. The van der Waals surface area contributed by atoms with Crippen LogP contribution in [0.4, 0.5) is 0 Å². The molecule has 0 amide bonds. The van der Waals surface area contributed by atoms with E-state index in [9.17, 15) is 5.11 Å². The van der Waals surface area contributed by atoms with Gasteiger partial charge in [-0.05, 0) is 43.0 Å². The highest BCUT2D eigenvalue weighted by Gasteiger charge is 2.31. The van der Waals surface area contributed by atoms with E-state index in [2.05, 4.69) is 38.2 Å². The minimum atomic E-state index is -0.673. The fraction of sp³-hybridized carbons (Fsp3) is 0.600. The number of nitrogens with one attached hydrogen (secondary N) is 1. The van der Waals surface area contributed by atoms with Gasteiger partial charge in [0.05, 0.1) is 6.61 Å². The molecule has 0 saturated carbocycles. The van der Waals surface area contributed by atoms with E-state index in [1.54, 1.807) is 0 Å². The first-order valence-electron chi connectivity index (χ1n) is 6.58. The van der Waals surface area contributed by atoms with Gasteiger partial charge in [-0.1, -0.05) is 12.1 Å². The molecular weight excluding hydrogens is 226 g/mol. The maximum Gasteiger partial charge on any atom is 0.102 e. The Kier molecular flexibility index (Phi) is 4.05. The van der Waals surface area contributed by atoms with Crippen LogP contribution >= 0.6 is 0 Å². The molecule has 1 aliphatic heterocycles. The van der Waals surface area contributed by atoms with Gasteiger partial charge in [0.2, 0.25) is 0 Å². The summed E-state index contributed by atoms with van der Waals surface area (Å²) in [4.78, 5) is 0. The van der Waals surface area contributed by atoms with Crippen molar-refractivity contribution in [1.82, 2.24) is 5.32 Å². The monoisotopic (exact) mass is 249 g/mol. The zero-order chi connectivity index (χ0) is 13.2. The molecule has 0 spiro atoms. The molecule has 2 rings (SSSR count). The maximum atomic E-state index is 10.1. The first kappa shape index (κ1) is 13.5. The molecule has 1 saturated heterocycles. The van der Waals surface area contributed by atoms with Crippen LogP contribution in [-0.2, 0) is 11.3 Å². The predicted octanol–water partition coefficient (Wildman–Crippen LogP) is 1.85. The molecule has 0 radical (unpaired) electrons. The van der Waals surface area contributed by atoms with E-state index in [4.69, 9.17) is 4.74 Å². The van der Waals surface area contributed by atoms with Crippen molar-refractivity contribution in [2.45, 2.75) is 39.3 Å². The van der Waals surface area contributed by atoms with Gasteiger partial charge in [-0.2, -0.15) is 0 Å². The van der Waals surface area contributed by atoms with Crippen molar-refractivity contribution in [3.8, 4) is 0 Å². The molecule has 1 aliphatic rings. The molecule has 1 atom stereocenters. The summed E-state index contributed by atoms with van der Waals surface area (Å²) in [6, 6.07) is 4.45. The Bertz CT molecular complexity index is 423. The second-order valence-electron chi connectivity index (χ2n) is 5.49. The SMILES string of the molecule is Cc1cc(C)c(CNCC2(O)CCOC2)cc1C. The van der Waals surface area contributed by atoms with Crippen molar-refractivity contribution in [3.63, 3.8) is 0 Å². The van der Waals surface area contributed by atoms with Crippen LogP contribution in [0.5, 0.6) is 0 Å². The highest BCUT2D eigenvalue weighted by molar-refractivity contribution is 5.36. The molecule has 100 valence electrons. The standard InChI is InChI=1S/C15H23NO2/c1-11-6-13(3)14(7-12(11)2)8-16-9-15(17)4-5-18-10-15/h6-7,16-17H,4-5,8-10H2,1-3H3. The van der Waals surface area contributed by atoms with Gasteiger partial charge in [-0.3, -0.25) is 0 Å². The Labute approximate surface area is 109 Å². The van der Waals surface area contributed by atoms with Crippen LogP contribution in [0.2, 0.25) is 0 Å². The highest BCUT2D eigenvalue weighted by atomic mass is 16.5. The molecule has 0 bridgehead atoms. The minimum Gasteiger partial charge on any atom is -0.386 e. The van der Waals surface area contributed by atoms with E-state index >= 15 is 0 Å². The van der Waals surface area contributed by atoms with E-state index in [1.807, 2.05) is 0 Å². The number of aliphatic hydroxyl groups is 1. The number of benzene rings is 1. The molecule has 1 aromatic carbocycles. The van der Waals surface area contributed by atoms with Crippen LogP contribution in [0, 0.1) is 20.8 Å². The fourth-order valence-corrected chi connectivity index (χ4v) is 2.38. The topological polar surface area (TPSA) is 41.5 Å². The van der Waals surface area contributed by atoms with Crippen molar-refractivity contribution < 1.29 is 9.84 Å². The Morgan fingerprint density at radius 2 is 1.94 bits per heavy atom. The van der Waals surface area contributed by atoms with Gasteiger partial charge in [0.15, 0.2) is 0 Å². The minimum absolute atomic E-state index is 0.450. The summed E-state index contributed by atoms with van der Waals surface area (Å²) < 4.78 is 5.23. The van der Waals surface area contributed by atoms with E-state index in [0.717, 1.165) is 13.0 Å². The van der Waals surface area contributed by atoms with Crippen LogP contribution in [0.15, 0.2) is 12.1 Å². The number of rotatable bonds is 4. The molecule has 0 aliphatic carbocycles. The summed E-state index contributed by atoms with van der Waals surface area (Å²) >= 11 is 0. The van der Waals surface area contributed by atoms with Gasteiger partial charge in [-0.25, -0.2) is 0 Å². The molecule has 1 heterocycles. The van der Waals surface area contributed by atoms with Gasteiger partial charge in [0.25, 0.3) is 0 Å². The third-order valence-electron chi connectivity index (χ3n) is 3.80. The summed E-state index contributed by atoms with van der Waals surface area (Å²) in [5.41, 5.74) is 4.59. The third kappa shape index (κ3) is 3.10. The third-order valence-corrected chi connectivity index (χ3v) is 3.80. The van der Waals surface area contributed by atoms with Crippen LogP contribution < -0.4 is 5.32 Å². The number of hydrogen-bond acceptors (Lipinski definition) is 3. The average Bonchev–Trinajstić information content (AvgIpc) is 2.73. The summed E-state index contributed by atoms with van der Waals surface area (Å²) in [7, 11) is 0. The van der Waals surface area contributed by atoms with Crippen LogP contribution in [0.1, 0.15) is 28.7 Å². The second kappa shape index (κ2) is 5.39. The lowest BCUT2D eigenvalue weighted by molar-refractivity contribution is 0.0268. The quantitative estimate of drug-likeness (QED) is 0.855. The average molecular weight is 249 g/mol. The molecule has 1 unspecified atom stereocenters. The number of ether oxygens (including phenoxy) is 1. The van der Waals surface area contributed by atoms with Crippen molar-refractivity contribution in [2.75, 3.05) is 19.8 Å². The Morgan fingerprint density at radius 1 is 1.22 bits per heavy atom. The lowest BCUT2D eigenvalue weighted by Crippen LogP contribution is -2.40. The molecule has 3 heteroatoms. The molecule has 0 aromatic heterocycles. The van der Waals surface area contributed by atoms with Gasteiger partial charge in [0.1, 0.15) is 5.60 Å². The zero-order valence-corrected chi connectivity index (χ0v) is 11.5. The maximum absolute atomic E-state index is 10.1.